The molecule has 1 spiro atoms. The zero-order valence-corrected chi connectivity index (χ0v) is 18.4. The summed E-state index contributed by atoms with van der Waals surface area (Å²) in [6.45, 7) is 0.459. The monoisotopic (exact) mass is 465 g/mol. The fraction of sp³-hybridized carbons (Fsp3) is 0.200. The fourth-order valence-electron chi connectivity index (χ4n) is 4.44. The predicted molar refractivity (Wildman–Crippen MR) is 124 cm³/mol. The van der Waals surface area contributed by atoms with Crippen molar-refractivity contribution in [1.29, 1.82) is 0 Å². The van der Waals surface area contributed by atoms with E-state index in [2.05, 4.69) is 5.32 Å². The SMILES string of the molecule is O=C(NCc1ccccc1)N1CCS[C@@]12C(=O)N(Cc1c(F)cccc1F)c1ccccc12. The van der Waals surface area contributed by atoms with Crippen molar-refractivity contribution in [2.75, 3.05) is 17.2 Å². The van der Waals surface area contributed by atoms with Crippen LogP contribution >= 0.6 is 11.8 Å². The highest BCUT2D eigenvalue weighted by molar-refractivity contribution is 8.01. The Bertz CT molecular complexity index is 1200. The molecule has 5 rings (SSSR count). The van der Waals surface area contributed by atoms with Crippen molar-refractivity contribution in [2.45, 2.75) is 18.0 Å². The normalized spacial score (nSPS) is 19.3. The van der Waals surface area contributed by atoms with Crippen LogP contribution in [0, 0.1) is 11.6 Å². The van der Waals surface area contributed by atoms with Crippen molar-refractivity contribution in [1.82, 2.24) is 10.2 Å². The number of carbonyl (C=O) groups is 2. The summed E-state index contributed by atoms with van der Waals surface area (Å²) in [7, 11) is 0. The molecular weight excluding hydrogens is 444 g/mol. The molecule has 1 saturated heterocycles. The largest absolute Gasteiger partial charge is 0.334 e. The lowest BCUT2D eigenvalue weighted by molar-refractivity contribution is -0.123. The minimum absolute atomic E-state index is 0.180. The van der Waals surface area contributed by atoms with Crippen LogP contribution in [0.15, 0.2) is 72.8 Å². The maximum absolute atomic E-state index is 14.4. The second kappa shape index (κ2) is 8.51. The van der Waals surface area contributed by atoms with Crippen LogP contribution in [0.25, 0.3) is 0 Å². The Balaban J connectivity index is 1.48. The third kappa shape index (κ3) is 3.54. The molecule has 2 heterocycles. The highest BCUT2D eigenvalue weighted by Crippen LogP contribution is 2.54. The van der Waals surface area contributed by atoms with Gasteiger partial charge in [0.2, 0.25) is 0 Å². The maximum atomic E-state index is 14.4. The van der Waals surface area contributed by atoms with E-state index in [4.69, 9.17) is 0 Å². The highest BCUT2D eigenvalue weighted by atomic mass is 32.2. The van der Waals surface area contributed by atoms with Crippen molar-refractivity contribution in [2.24, 2.45) is 0 Å². The average molecular weight is 466 g/mol. The Hall–Kier alpha value is -3.39. The number of carbonyl (C=O) groups excluding carboxylic acids is 2. The summed E-state index contributed by atoms with van der Waals surface area (Å²) in [5.41, 5.74) is 1.98. The van der Waals surface area contributed by atoms with Crippen molar-refractivity contribution < 1.29 is 18.4 Å². The number of nitrogens with one attached hydrogen (secondary N) is 1. The van der Waals surface area contributed by atoms with E-state index in [0.717, 1.165) is 5.56 Å². The molecule has 2 aliphatic heterocycles. The number of nitrogens with zero attached hydrogens (tertiary/aromatic N) is 2. The lowest BCUT2D eigenvalue weighted by atomic mass is 10.1. The van der Waals surface area contributed by atoms with Gasteiger partial charge in [-0.25, -0.2) is 13.6 Å². The molecule has 0 unspecified atom stereocenters. The number of hydrogen-bond acceptors (Lipinski definition) is 3. The molecule has 3 amide bonds. The van der Waals surface area contributed by atoms with E-state index in [-0.39, 0.29) is 24.0 Å². The smallest absolute Gasteiger partial charge is 0.319 e. The lowest BCUT2D eigenvalue weighted by Gasteiger charge is -2.33. The first-order valence-electron chi connectivity index (χ1n) is 10.6. The molecule has 5 nitrogen and oxygen atoms in total. The summed E-state index contributed by atoms with van der Waals surface area (Å²) in [4.78, 5) is 28.7. The molecule has 0 saturated carbocycles. The summed E-state index contributed by atoms with van der Waals surface area (Å²) < 4.78 is 28.8. The van der Waals surface area contributed by atoms with Crippen LogP contribution in [0.1, 0.15) is 16.7 Å². The number of para-hydroxylation sites is 1. The van der Waals surface area contributed by atoms with Crippen molar-refractivity contribution in [3.63, 3.8) is 0 Å². The molecule has 0 bridgehead atoms. The second-order valence-corrected chi connectivity index (χ2v) is 9.18. The Morgan fingerprint density at radius 2 is 1.67 bits per heavy atom. The Morgan fingerprint density at radius 3 is 2.42 bits per heavy atom. The molecule has 33 heavy (non-hydrogen) atoms. The second-order valence-electron chi connectivity index (χ2n) is 7.90. The van der Waals surface area contributed by atoms with E-state index < -0.39 is 16.5 Å². The quantitative estimate of drug-likeness (QED) is 0.612. The first-order valence-corrected chi connectivity index (χ1v) is 11.6. The molecule has 1 N–H and O–H groups in total. The van der Waals surface area contributed by atoms with Crippen LogP contribution in [0.3, 0.4) is 0 Å². The van der Waals surface area contributed by atoms with Gasteiger partial charge in [-0.3, -0.25) is 9.69 Å². The Kier molecular flexibility index (Phi) is 5.54. The molecule has 0 aromatic heterocycles. The van der Waals surface area contributed by atoms with Gasteiger partial charge < -0.3 is 10.2 Å². The van der Waals surface area contributed by atoms with Crippen LogP contribution in [0.5, 0.6) is 0 Å². The number of amides is 3. The molecule has 0 radical (unpaired) electrons. The lowest BCUT2D eigenvalue weighted by Crippen LogP contribution is -2.53. The molecule has 1 atom stereocenters. The minimum Gasteiger partial charge on any atom is -0.334 e. The van der Waals surface area contributed by atoms with Gasteiger partial charge in [0.15, 0.2) is 4.87 Å². The summed E-state index contributed by atoms with van der Waals surface area (Å²) in [6.07, 6.45) is 0. The average Bonchev–Trinajstić information content (AvgIpc) is 3.37. The van der Waals surface area contributed by atoms with E-state index in [1.807, 2.05) is 30.3 Å². The van der Waals surface area contributed by atoms with Crippen LogP contribution < -0.4 is 10.2 Å². The van der Waals surface area contributed by atoms with Gasteiger partial charge in [-0.05, 0) is 23.8 Å². The Labute approximate surface area is 194 Å². The van der Waals surface area contributed by atoms with Gasteiger partial charge in [-0.2, -0.15) is 0 Å². The first kappa shape index (κ1) is 21.5. The van der Waals surface area contributed by atoms with Gasteiger partial charge in [0.25, 0.3) is 5.91 Å². The van der Waals surface area contributed by atoms with Gasteiger partial charge in [0, 0.05) is 30.0 Å². The number of fused-ring (bicyclic) bond motifs is 2. The number of benzene rings is 3. The number of hydrogen-bond donors (Lipinski definition) is 1. The molecule has 0 aliphatic carbocycles. The van der Waals surface area contributed by atoms with Gasteiger partial charge in [0.1, 0.15) is 11.6 Å². The summed E-state index contributed by atoms with van der Waals surface area (Å²) in [6, 6.07) is 19.9. The molecule has 3 aromatic rings. The molecular formula is C25H21F2N3O2S. The maximum Gasteiger partial charge on any atom is 0.319 e. The summed E-state index contributed by atoms with van der Waals surface area (Å²) in [5.74, 6) is -1.22. The van der Waals surface area contributed by atoms with Crippen LogP contribution in [-0.2, 0) is 22.8 Å². The molecule has 8 heteroatoms. The number of anilines is 1. The number of rotatable bonds is 4. The van der Waals surface area contributed by atoms with Crippen LogP contribution in [-0.4, -0.2) is 29.1 Å². The van der Waals surface area contributed by atoms with Gasteiger partial charge in [0.05, 0.1) is 12.2 Å². The number of thioether (sulfide) groups is 1. The van der Waals surface area contributed by atoms with Crippen molar-refractivity contribution in [3.8, 4) is 0 Å². The fourth-order valence-corrected chi connectivity index (χ4v) is 5.90. The van der Waals surface area contributed by atoms with Crippen LogP contribution in [0.4, 0.5) is 19.3 Å². The van der Waals surface area contributed by atoms with Crippen molar-refractivity contribution >= 4 is 29.4 Å². The number of urea groups is 1. The minimum atomic E-state index is -1.26. The summed E-state index contributed by atoms with van der Waals surface area (Å²) in [5, 5.41) is 2.91. The molecule has 1 fully saturated rings. The zero-order chi connectivity index (χ0) is 23.0. The molecule has 2 aliphatic rings. The molecule has 3 aromatic carbocycles. The Morgan fingerprint density at radius 1 is 0.970 bits per heavy atom. The van der Waals surface area contributed by atoms with E-state index in [9.17, 15) is 18.4 Å². The standard InChI is InChI=1S/C25H21F2N3O2S/c26-20-10-6-11-21(27)18(20)16-29-22-12-5-4-9-19(22)25(23(29)31)30(13-14-33-25)24(32)28-15-17-7-2-1-3-8-17/h1-12H,13-16H2,(H,28,32)/t25-/m0/s1. The van der Waals surface area contributed by atoms with Crippen molar-refractivity contribution in [3.05, 3.63) is 101 Å². The first-order chi connectivity index (χ1) is 16.0. The highest BCUT2D eigenvalue weighted by Gasteiger charge is 2.59. The van der Waals surface area contributed by atoms with Gasteiger partial charge in [-0.1, -0.05) is 54.6 Å². The topological polar surface area (TPSA) is 52.7 Å². The van der Waals surface area contributed by atoms with E-state index in [1.54, 1.807) is 29.2 Å². The van der Waals surface area contributed by atoms with E-state index in [1.165, 1.54) is 34.9 Å². The van der Waals surface area contributed by atoms with Gasteiger partial charge >= 0.3 is 6.03 Å². The van der Waals surface area contributed by atoms with Crippen LogP contribution in [0.2, 0.25) is 0 Å². The third-order valence-corrected chi connectivity index (χ3v) is 7.43. The van der Waals surface area contributed by atoms with Gasteiger partial charge in [-0.15, -0.1) is 11.8 Å². The third-order valence-electron chi connectivity index (χ3n) is 6.01. The summed E-state index contributed by atoms with van der Waals surface area (Å²) >= 11 is 1.37. The van der Waals surface area contributed by atoms with E-state index >= 15 is 0 Å². The number of halogens is 2. The predicted octanol–water partition coefficient (Wildman–Crippen LogP) is 4.62. The zero-order valence-electron chi connectivity index (χ0n) is 17.6. The van der Waals surface area contributed by atoms with E-state index in [0.29, 0.717) is 30.1 Å². The molecule has 168 valence electrons.